The van der Waals surface area contributed by atoms with E-state index in [1.807, 2.05) is 0 Å². The average Bonchev–Trinajstić information content (AvgIpc) is 2.46. The minimum Gasteiger partial charge on any atom is -0.463 e. The summed E-state index contributed by atoms with van der Waals surface area (Å²) in [6.07, 6.45) is 1.44. The van der Waals surface area contributed by atoms with Crippen molar-refractivity contribution in [3.05, 3.63) is 0 Å². The zero-order chi connectivity index (χ0) is 22.7. The zero-order valence-electron chi connectivity index (χ0n) is 21.1. The molecule has 0 heterocycles. The lowest BCUT2D eigenvalue weighted by molar-refractivity contribution is -0.146. The lowest BCUT2D eigenvalue weighted by Gasteiger charge is -2.30. The third-order valence-corrected chi connectivity index (χ3v) is 4.34. The predicted molar refractivity (Wildman–Crippen MR) is 123 cm³/mol. The van der Waals surface area contributed by atoms with E-state index < -0.39 is 0 Å². The van der Waals surface area contributed by atoms with Gasteiger partial charge in [0.25, 0.3) is 0 Å². The summed E-state index contributed by atoms with van der Waals surface area (Å²) in [7, 11) is 2.14. The Morgan fingerprint density at radius 2 is 1.52 bits per heavy atom. The standard InChI is InChI=1S/C24H50N2O3/c1-22(2,3)11-12-28-13-14-29-21(27)15-20(16-25-18-23(4,5)6)17-26(10)19-24(7,8)9/h20,25H,11-19H2,1-10H3. The Balaban J connectivity index is 4.39. The molecule has 0 aromatic rings. The highest BCUT2D eigenvalue weighted by molar-refractivity contribution is 5.69. The molecule has 0 aromatic carbocycles. The van der Waals surface area contributed by atoms with E-state index in [1.165, 1.54) is 0 Å². The molecule has 0 aliphatic heterocycles. The molecule has 0 amide bonds. The van der Waals surface area contributed by atoms with Gasteiger partial charge >= 0.3 is 5.97 Å². The lowest BCUT2D eigenvalue weighted by Crippen LogP contribution is -2.39. The van der Waals surface area contributed by atoms with Gasteiger partial charge in [0.05, 0.1) is 13.0 Å². The van der Waals surface area contributed by atoms with Crippen molar-refractivity contribution < 1.29 is 14.3 Å². The zero-order valence-corrected chi connectivity index (χ0v) is 21.1. The Kier molecular flexibility index (Phi) is 12.6. The van der Waals surface area contributed by atoms with E-state index in [2.05, 4.69) is 79.6 Å². The number of carbonyl (C=O) groups excluding carboxylic acids is 1. The lowest BCUT2D eigenvalue weighted by atomic mass is 9.93. The third-order valence-electron chi connectivity index (χ3n) is 4.34. The molecule has 0 radical (unpaired) electrons. The molecular formula is C24H50N2O3. The predicted octanol–water partition coefficient (Wildman–Crippen LogP) is 4.60. The SMILES string of the molecule is CN(CC(CNCC(C)(C)C)CC(=O)OCCOCCC(C)(C)C)CC(C)(C)C. The average molecular weight is 415 g/mol. The van der Waals surface area contributed by atoms with Crippen LogP contribution in [0.4, 0.5) is 0 Å². The van der Waals surface area contributed by atoms with Crippen LogP contribution >= 0.6 is 0 Å². The molecule has 1 N–H and O–H groups in total. The molecule has 0 saturated heterocycles. The summed E-state index contributed by atoms with van der Waals surface area (Å²) in [6.45, 7) is 25.1. The summed E-state index contributed by atoms with van der Waals surface area (Å²) >= 11 is 0. The van der Waals surface area contributed by atoms with E-state index >= 15 is 0 Å². The Bertz CT molecular complexity index is 445. The van der Waals surface area contributed by atoms with Crippen molar-refractivity contribution >= 4 is 5.97 Å². The fourth-order valence-corrected chi connectivity index (χ4v) is 3.16. The van der Waals surface area contributed by atoms with Crippen LogP contribution in [-0.4, -0.2) is 63.9 Å². The van der Waals surface area contributed by atoms with Gasteiger partial charge in [-0.25, -0.2) is 0 Å². The van der Waals surface area contributed by atoms with Crippen molar-refractivity contribution in [2.24, 2.45) is 22.2 Å². The van der Waals surface area contributed by atoms with Gasteiger partial charge in [-0.3, -0.25) is 4.79 Å². The molecule has 0 fully saturated rings. The van der Waals surface area contributed by atoms with E-state index in [1.54, 1.807) is 0 Å². The molecule has 1 atom stereocenters. The fraction of sp³-hybridized carbons (Fsp3) is 0.958. The second-order valence-electron chi connectivity index (χ2n) is 12.2. The Hall–Kier alpha value is -0.650. The minimum absolute atomic E-state index is 0.129. The van der Waals surface area contributed by atoms with Crippen LogP contribution in [0.25, 0.3) is 0 Å². The van der Waals surface area contributed by atoms with E-state index in [0.29, 0.717) is 26.2 Å². The Morgan fingerprint density at radius 3 is 2.03 bits per heavy atom. The quantitative estimate of drug-likeness (QED) is 0.352. The maximum absolute atomic E-state index is 12.3. The molecule has 5 heteroatoms. The van der Waals surface area contributed by atoms with Crippen molar-refractivity contribution in [2.45, 2.75) is 75.2 Å². The largest absolute Gasteiger partial charge is 0.463 e. The Labute approximate surface area is 181 Å². The van der Waals surface area contributed by atoms with Gasteiger partial charge in [0.2, 0.25) is 0 Å². The van der Waals surface area contributed by atoms with Crippen LogP contribution in [0.1, 0.15) is 75.2 Å². The monoisotopic (exact) mass is 414 g/mol. The van der Waals surface area contributed by atoms with Gasteiger partial charge in [-0.05, 0) is 42.2 Å². The molecular weight excluding hydrogens is 364 g/mol. The maximum atomic E-state index is 12.3. The van der Waals surface area contributed by atoms with Crippen LogP contribution < -0.4 is 5.32 Å². The van der Waals surface area contributed by atoms with Crippen LogP contribution in [0.3, 0.4) is 0 Å². The van der Waals surface area contributed by atoms with E-state index in [0.717, 1.165) is 32.6 Å². The maximum Gasteiger partial charge on any atom is 0.306 e. The highest BCUT2D eigenvalue weighted by atomic mass is 16.6. The molecule has 0 aliphatic carbocycles. The minimum atomic E-state index is -0.129. The van der Waals surface area contributed by atoms with Gasteiger partial charge < -0.3 is 19.7 Å². The van der Waals surface area contributed by atoms with E-state index in [4.69, 9.17) is 9.47 Å². The Morgan fingerprint density at radius 1 is 0.897 bits per heavy atom. The highest BCUT2D eigenvalue weighted by Crippen LogP contribution is 2.18. The number of nitrogens with one attached hydrogen (secondary N) is 1. The molecule has 0 aliphatic rings. The normalized spacial score (nSPS) is 14.3. The van der Waals surface area contributed by atoms with Crippen LogP contribution in [-0.2, 0) is 14.3 Å². The molecule has 29 heavy (non-hydrogen) atoms. The first-order valence-corrected chi connectivity index (χ1v) is 11.2. The van der Waals surface area contributed by atoms with Gasteiger partial charge in [0.1, 0.15) is 6.61 Å². The van der Waals surface area contributed by atoms with Gasteiger partial charge in [0, 0.05) is 26.2 Å². The van der Waals surface area contributed by atoms with Crippen molar-refractivity contribution in [1.82, 2.24) is 10.2 Å². The van der Waals surface area contributed by atoms with Gasteiger partial charge in [-0.15, -0.1) is 0 Å². The molecule has 0 spiro atoms. The summed E-state index contributed by atoms with van der Waals surface area (Å²) in [5.74, 6) is 0.107. The van der Waals surface area contributed by atoms with Crippen LogP contribution in [0.2, 0.25) is 0 Å². The molecule has 0 bridgehead atoms. The molecule has 174 valence electrons. The second kappa shape index (κ2) is 12.9. The number of carbonyl (C=O) groups is 1. The number of esters is 1. The van der Waals surface area contributed by atoms with Gasteiger partial charge in [-0.1, -0.05) is 62.3 Å². The summed E-state index contributed by atoms with van der Waals surface area (Å²) < 4.78 is 11.0. The van der Waals surface area contributed by atoms with Crippen molar-refractivity contribution in [1.29, 1.82) is 0 Å². The smallest absolute Gasteiger partial charge is 0.306 e. The fourth-order valence-electron chi connectivity index (χ4n) is 3.16. The van der Waals surface area contributed by atoms with Crippen LogP contribution in [0.15, 0.2) is 0 Å². The number of hydrogen-bond donors (Lipinski definition) is 1. The number of nitrogens with zero attached hydrogens (tertiary/aromatic N) is 1. The first kappa shape index (κ1) is 28.4. The summed E-state index contributed by atoms with van der Waals surface area (Å²) in [6, 6.07) is 0. The molecule has 0 saturated carbocycles. The van der Waals surface area contributed by atoms with Crippen molar-refractivity contribution in [2.75, 3.05) is 53.0 Å². The highest BCUT2D eigenvalue weighted by Gasteiger charge is 2.21. The third kappa shape index (κ3) is 20.4. The molecule has 0 rings (SSSR count). The van der Waals surface area contributed by atoms with Gasteiger partial charge in [0.15, 0.2) is 0 Å². The van der Waals surface area contributed by atoms with Crippen molar-refractivity contribution in [3.63, 3.8) is 0 Å². The van der Waals surface area contributed by atoms with Crippen LogP contribution in [0, 0.1) is 22.2 Å². The summed E-state index contributed by atoms with van der Waals surface area (Å²) in [5.41, 5.74) is 0.735. The summed E-state index contributed by atoms with van der Waals surface area (Å²) in [5, 5.41) is 3.54. The second-order valence-corrected chi connectivity index (χ2v) is 12.2. The molecule has 1 unspecified atom stereocenters. The number of ether oxygens (including phenoxy) is 2. The van der Waals surface area contributed by atoms with Crippen molar-refractivity contribution in [3.8, 4) is 0 Å². The first-order chi connectivity index (χ1) is 13.1. The van der Waals surface area contributed by atoms with E-state index in [-0.39, 0.29) is 28.1 Å². The first-order valence-electron chi connectivity index (χ1n) is 11.2. The number of rotatable bonds is 13. The molecule has 0 aromatic heterocycles. The number of hydrogen-bond acceptors (Lipinski definition) is 5. The van der Waals surface area contributed by atoms with E-state index in [9.17, 15) is 4.79 Å². The summed E-state index contributed by atoms with van der Waals surface area (Å²) in [4.78, 5) is 14.7. The topological polar surface area (TPSA) is 50.8 Å². The van der Waals surface area contributed by atoms with Crippen LogP contribution in [0.5, 0.6) is 0 Å². The van der Waals surface area contributed by atoms with Gasteiger partial charge in [-0.2, -0.15) is 0 Å². The molecule has 5 nitrogen and oxygen atoms in total.